The summed E-state index contributed by atoms with van der Waals surface area (Å²) in [4.78, 5) is 26.8. The summed E-state index contributed by atoms with van der Waals surface area (Å²) in [6.07, 6.45) is 1.90. The van der Waals surface area contributed by atoms with Gasteiger partial charge in [-0.05, 0) is 50.2 Å². The minimum Gasteiger partial charge on any atom is -0.410 e. The third-order valence-corrected chi connectivity index (χ3v) is 3.27. The lowest BCUT2D eigenvalue weighted by Crippen LogP contribution is -2.30. The highest BCUT2D eigenvalue weighted by molar-refractivity contribution is 5.92. The minimum atomic E-state index is -0.430. The van der Waals surface area contributed by atoms with Crippen LogP contribution in [0.1, 0.15) is 12.8 Å². The van der Waals surface area contributed by atoms with Crippen LogP contribution in [0.2, 0.25) is 0 Å². The smallest absolute Gasteiger partial charge is 0.410 e. The second-order valence-corrected chi connectivity index (χ2v) is 5.32. The summed E-state index contributed by atoms with van der Waals surface area (Å²) in [6, 6.07) is 6.76. The van der Waals surface area contributed by atoms with E-state index in [1.165, 1.54) is 17.7 Å². The number of amides is 2. The Morgan fingerprint density at radius 3 is 2.38 bits per heavy atom. The van der Waals surface area contributed by atoms with E-state index in [0.717, 1.165) is 13.1 Å². The fourth-order valence-corrected chi connectivity index (χ4v) is 2.14. The van der Waals surface area contributed by atoms with Crippen molar-refractivity contribution in [1.82, 2.24) is 9.80 Å². The van der Waals surface area contributed by atoms with Gasteiger partial charge in [0, 0.05) is 19.8 Å². The number of likely N-dealkylation sites (tertiary alicyclic amines) is 1. The zero-order valence-electron chi connectivity index (χ0n) is 12.5. The zero-order valence-corrected chi connectivity index (χ0v) is 12.5. The topological polar surface area (TPSA) is 61.9 Å². The van der Waals surface area contributed by atoms with Crippen molar-refractivity contribution in [1.29, 1.82) is 0 Å². The number of hydrogen-bond acceptors (Lipinski definition) is 4. The van der Waals surface area contributed by atoms with E-state index < -0.39 is 6.09 Å². The van der Waals surface area contributed by atoms with Gasteiger partial charge in [-0.1, -0.05) is 0 Å². The van der Waals surface area contributed by atoms with Gasteiger partial charge in [-0.3, -0.25) is 9.69 Å². The van der Waals surface area contributed by atoms with Crippen molar-refractivity contribution in [2.24, 2.45) is 0 Å². The van der Waals surface area contributed by atoms with Crippen LogP contribution in [0.5, 0.6) is 5.75 Å². The predicted molar refractivity (Wildman–Crippen MR) is 80.5 cm³/mol. The molecule has 0 aliphatic carbocycles. The molecular formula is C15H21N3O3. The molecule has 1 aliphatic heterocycles. The van der Waals surface area contributed by atoms with Gasteiger partial charge >= 0.3 is 6.09 Å². The lowest BCUT2D eigenvalue weighted by Gasteiger charge is -2.14. The van der Waals surface area contributed by atoms with E-state index in [9.17, 15) is 9.59 Å². The first-order valence-corrected chi connectivity index (χ1v) is 7.06. The molecular weight excluding hydrogens is 270 g/mol. The summed E-state index contributed by atoms with van der Waals surface area (Å²) in [5, 5.41) is 2.84. The fraction of sp³-hybridized carbons (Fsp3) is 0.467. The van der Waals surface area contributed by atoms with Crippen LogP contribution in [0.25, 0.3) is 0 Å². The third-order valence-electron chi connectivity index (χ3n) is 3.27. The fourth-order valence-electron chi connectivity index (χ4n) is 2.14. The Morgan fingerprint density at radius 1 is 1.19 bits per heavy atom. The number of nitrogens with one attached hydrogen (secondary N) is 1. The number of rotatable bonds is 4. The molecule has 2 amide bonds. The molecule has 6 nitrogen and oxygen atoms in total. The zero-order chi connectivity index (χ0) is 15.2. The summed E-state index contributed by atoms with van der Waals surface area (Å²) >= 11 is 0. The molecule has 1 aromatic rings. The number of hydrogen-bond donors (Lipinski definition) is 1. The van der Waals surface area contributed by atoms with E-state index in [4.69, 9.17) is 4.74 Å². The van der Waals surface area contributed by atoms with E-state index in [1.807, 2.05) is 0 Å². The first-order valence-electron chi connectivity index (χ1n) is 7.06. The van der Waals surface area contributed by atoms with E-state index in [1.54, 1.807) is 38.4 Å². The summed E-state index contributed by atoms with van der Waals surface area (Å²) in [5.41, 5.74) is 0.698. The molecule has 6 heteroatoms. The SMILES string of the molecule is CN(C)C(=O)Oc1ccc(NC(=O)CN2CCCC2)cc1. The second-order valence-electron chi connectivity index (χ2n) is 5.32. The number of nitrogens with zero attached hydrogens (tertiary/aromatic N) is 2. The molecule has 0 bridgehead atoms. The van der Waals surface area contributed by atoms with Gasteiger partial charge < -0.3 is 15.0 Å². The maximum absolute atomic E-state index is 11.9. The van der Waals surface area contributed by atoms with Crippen molar-refractivity contribution < 1.29 is 14.3 Å². The maximum atomic E-state index is 11.9. The van der Waals surface area contributed by atoms with E-state index in [-0.39, 0.29) is 5.91 Å². The number of ether oxygens (including phenoxy) is 1. The summed E-state index contributed by atoms with van der Waals surface area (Å²) in [7, 11) is 3.24. The van der Waals surface area contributed by atoms with Gasteiger partial charge in [0.1, 0.15) is 5.75 Å². The van der Waals surface area contributed by atoms with Gasteiger partial charge in [-0.15, -0.1) is 0 Å². The number of carbonyl (C=O) groups is 2. The molecule has 0 spiro atoms. The largest absolute Gasteiger partial charge is 0.414 e. The predicted octanol–water partition coefficient (Wildman–Crippen LogP) is 1.78. The van der Waals surface area contributed by atoms with Gasteiger partial charge in [0.05, 0.1) is 6.54 Å². The third kappa shape index (κ3) is 4.75. The van der Waals surface area contributed by atoms with Crippen LogP contribution in [0.15, 0.2) is 24.3 Å². The standard InChI is InChI=1S/C15H21N3O3/c1-17(2)15(20)21-13-7-5-12(6-8-13)16-14(19)11-18-9-3-4-10-18/h5-8H,3-4,9-11H2,1-2H3,(H,16,19). The van der Waals surface area contributed by atoms with Crippen LogP contribution in [0.3, 0.4) is 0 Å². The summed E-state index contributed by atoms with van der Waals surface area (Å²) < 4.78 is 5.11. The molecule has 1 saturated heterocycles. The van der Waals surface area contributed by atoms with Crippen LogP contribution in [-0.4, -0.2) is 55.5 Å². The highest BCUT2D eigenvalue weighted by Crippen LogP contribution is 2.16. The van der Waals surface area contributed by atoms with E-state index in [0.29, 0.717) is 18.0 Å². The van der Waals surface area contributed by atoms with Crippen molar-refractivity contribution in [3.8, 4) is 5.75 Å². The Balaban J connectivity index is 1.84. The lowest BCUT2D eigenvalue weighted by atomic mass is 10.3. The average Bonchev–Trinajstić information content (AvgIpc) is 2.93. The summed E-state index contributed by atoms with van der Waals surface area (Å²) in [6.45, 7) is 2.41. The molecule has 0 aromatic heterocycles. The molecule has 0 saturated carbocycles. The first-order chi connectivity index (χ1) is 10.0. The van der Waals surface area contributed by atoms with Crippen LogP contribution >= 0.6 is 0 Å². The van der Waals surface area contributed by atoms with Crippen LogP contribution < -0.4 is 10.1 Å². The van der Waals surface area contributed by atoms with Gasteiger partial charge in [0.2, 0.25) is 5.91 Å². The molecule has 0 radical (unpaired) electrons. The molecule has 1 heterocycles. The van der Waals surface area contributed by atoms with Crippen molar-refractivity contribution in [2.45, 2.75) is 12.8 Å². The van der Waals surface area contributed by atoms with Gasteiger partial charge in [-0.2, -0.15) is 0 Å². The Kier molecular flexibility index (Phi) is 5.16. The quantitative estimate of drug-likeness (QED) is 0.918. The number of benzene rings is 1. The highest BCUT2D eigenvalue weighted by atomic mass is 16.6. The molecule has 2 rings (SSSR count). The Bertz CT molecular complexity index is 493. The molecule has 1 aliphatic rings. The van der Waals surface area contributed by atoms with Crippen LogP contribution in [0, 0.1) is 0 Å². The van der Waals surface area contributed by atoms with Gasteiger partial charge in [0.25, 0.3) is 0 Å². The molecule has 0 unspecified atom stereocenters. The van der Waals surface area contributed by atoms with E-state index in [2.05, 4.69) is 10.2 Å². The van der Waals surface area contributed by atoms with Crippen molar-refractivity contribution in [2.75, 3.05) is 39.0 Å². The minimum absolute atomic E-state index is 0.0186. The Labute approximate surface area is 124 Å². The van der Waals surface area contributed by atoms with Crippen molar-refractivity contribution in [3.63, 3.8) is 0 Å². The van der Waals surface area contributed by atoms with Crippen molar-refractivity contribution >= 4 is 17.7 Å². The normalized spacial score (nSPS) is 14.8. The average molecular weight is 291 g/mol. The summed E-state index contributed by atoms with van der Waals surface area (Å²) in [5.74, 6) is 0.432. The molecule has 114 valence electrons. The molecule has 1 fully saturated rings. The molecule has 0 atom stereocenters. The van der Waals surface area contributed by atoms with Crippen LogP contribution in [-0.2, 0) is 4.79 Å². The Hall–Kier alpha value is -2.08. The van der Waals surface area contributed by atoms with Gasteiger partial charge in [-0.25, -0.2) is 4.79 Å². The molecule has 21 heavy (non-hydrogen) atoms. The molecule has 1 aromatic carbocycles. The van der Waals surface area contributed by atoms with Crippen LogP contribution in [0.4, 0.5) is 10.5 Å². The van der Waals surface area contributed by atoms with Gasteiger partial charge in [0.15, 0.2) is 0 Å². The van der Waals surface area contributed by atoms with Crippen molar-refractivity contribution in [3.05, 3.63) is 24.3 Å². The molecule has 1 N–H and O–H groups in total. The second kappa shape index (κ2) is 7.08. The number of anilines is 1. The first kappa shape index (κ1) is 15.3. The number of carbonyl (C=O) groups excluding carboxylic acids is 2. The monoisotopic (exact) mass is 291 g/mol. The Morgan fingerprint density at radius 2 is 1.81 bits per heavy atom. The lowest BCUT2D eigenvalue weighted by molar-refractivity contribution is -0.117. The maximum Gasteiger partial charge on any atom is 0.414 e. The highest BCUT2D eigenvalue weighted by Gasteiger charge is 2.15. The van der Waals surface area contributed by atoms with E-state index >= 15 is 0 Å².